The Balaban J connectivity index is 2.61. The minimum absolute atomic E-state index is 0.0681. The first kappa shape index (κ1) is 14.0. The molecule has 17 heavy (non-hydrogen) atoms. The van der Waals surface area contributed by atoms with Gasteiger partial charge < -0.3 is 20.3 Å². The van der Waals surface area contributed by atoms with E-state index in [1.54, 1.807) is 6.07 Å². The largest absolute Gasteiger partial charge is 0.507 e. The molecule has 1 aromatic rings. The highest BCUT2D eigenvalue weighted by atomic mass is 79.9. The van der Waals surface area contributed by atoms with E-state index in [-0.39, 0.29) is 24.5 Å². The summed E-state index contributed by atoms with van der Waals surface area (Å²) in [5.74, 6) is -0.550. The summed E-state index contributed by atoms with van der Waals surface area (Å²) in [6, 6.07) is 4.56. The van der Waals surface area contributed by atoms with Crippen LogP contribution >= 0.6 is 15.9 Å². The molecule has 3 N–H and O–H groups in total. The van der Waals surface area contributed by atoms with Gasteiger partial charge in [0.25, 0.3) is 5.91 Å². The van der Waals surface area contributed by atoms with Gasteiger partial charge in [-0.15, -0.1) is 0 Å². The molecule has 0 spiro atoms. The van der Waals surface area contributed by atoms with Gasteiger partial charge in [0.1, 0.15) is 5.75 Å². The number of benzene rings is 1. The van der Waals surface area contributed by atoms with Gasteiger partial charge in [-0.25, -0.2) is 0 Å². The second-order valence-electron chi connectivity index (χ2n) is 3.48. The summed E-state index contributed by atoms with van der Waals surface area (Å²) in [4.78, 5) is 11.7. The van der Waals surface area contributed by atoms with Crippen molar-refractivity contribution in [3.8, 4) is 5.75 Å². The predicted molar refractivity (Wildman–Crippen MR) is 66.0 cm³/mol. The van der Waals surface area contributed by atoms with E-state index >= 15 is 0 Å². The fraction of sp³-hybridized carbons (Fsp3) is 0.364. The summed E-state index contributed by atoms with van der Waals surface area (Å²) < 4.78 is 5.42. The smallest absolute Gasteiger partial charge is 0.255 e. The van der Waals surface area contributed by atoms with Crippen molar-refractivity contribution in [1.29, 1.82) is 0 Å². The van der Waals surface area contributed by atoms with Gasteiger partial charge in [-0.1, -0.05) is 15.9 Å². The maximum atomic E-state index is 11.7. The fourth-order valence-electron chi connectivity index (χ4n) is 1.25. The highest BCUT2D eigenvalue weighted by Gasteiger charge is 2.12. The van der Waals surface area contributed by atoms with Crippen molar-refractivity contribution < 1.29 is 19.7 Å². The standard InChI is InChI=1S/C11H14BrNO4/c1-17-6-8(14)5-13-11(16)9-4-7(12)2-3-10(9)15/h2-4,8,14-15H,5-6H2,1H3,(H,13,16). The third-order valence-electron chi connectivity index (χ3n) is 2.06. The Kier molecular flexibility index (Phi) is 5.40. The molecule has 0 aromatic heterocycles. The molecule has 0 fully saturated rings. The van der Waals surface area contributed by atoms with E-state index in [0.717, 1.165) is 0 Å². The lowest BCUT2D eigenvalue weighted by Crippen LogP contribution is -2.34. The van der Waals surface area contributed by atoms with Gasteiger partial charge >= 0.3 is 0 Å². The Hall–Kier alpha value is -1.11. The SMILES string of the molecule is COCC(O)CNC(=O)c1cc(Br)ccc1O. The molecule has 1 amide bonds. The molecule has 1 unspecified atom stereocenters. The van der Waals surface area contributed by atoms with E-state index in [1.165, 1.54) is 19.2 Å². The van der Waals surface area contributed by atoms with Crippen LogP contribution in [0.15, 0.2) is 22.7 Å². The predicted octanol–water partition coefficient (Wildman–Crippen LogP) is 0.892. The Morgan fingerprint density at radius 2 is 2.29 bits per heavy atom. The summed E-state index contributed by atoms with van der Waals surface area (Å²) in [5, 5.41) is 21.4. The molecule has 1 atom stereocenters. The van der Waals surface area contributed by atoms with Gasteiger partial charge in [-0.3, -0.25) is 4.79 Å². The number of amides is 1. The molecule has 1 aromatic carbocycles. The van der Waals surface area contributed by atoms with Gasteiger partial charge in [0.2, 0.25) is 0 Å². The van der Waals surface area contributed by atoms with Crippen molar-refractivity contribution in [2.24, 2.45) is 0 Å². The lowest BCUT2D eigenvalue weighted by molar-refractivity contribution is 0.0609. The molecule has 0 radical (unpaired) electrons. The number of halogens is 1. The molecule has 5 nitrogen and oxygen atoms in total. The molecule has 6 heteroatoms. The Morgan fingerprint density at radius 3 is 2.94 bits per heavy atom. The van der Waals surface area contributed by atoms with Gasteiger partial charge in [0, 0.05) is 18.1 Å². The Labute approximate surface area is 108 Å². The zero-order valence-corrected chi connectivity index (χ0v) is 10.9. The highest BCUT2D eigenvalue weighted by molar-refractivity contribution is 9.10. The molecule has 0 aliphatic heterocycles. The minimum Gasteiger partial charge on any atom is -0.507 e. The fourth-order valence-corrected chi connectivity index (χ4v) is 1.61. The van der Waals surface area contributed by atoms with E-state index in [9.17, 15) is 15.0 Å². The van der Waals surface area contributed by atoms with Crippen molar-refractivity contribution >= 4 is 21.8 Å². The number of carbonyl (C=O) groups is 1. The van der Waals surface area contributed by atoms with Crippen molar-refractivity contribution in [2.75, 3.05) is 20.3 Å². The quantitative estimate of drug-likeness (QED) is 0.755. The van der Waals surface area contributed by atoms with Crippen molar-refractivity contribution in [2.45, 2.75) is 6.10 Å². The van der Waals surface area contributed by atoms with Crippen LogP contribution in [-0.4, -0.2) is 42.5 Å². The lowest BCUT2D eigenvalue weighted by Gasteiger charge is -2.11. The number of aliphatic hydroxyl groups excluding tert-OH is 1. The van der Waals surface area contributed by atoms with Crippen LogP contribution < -0.4 is 5.32 Å². The number of hydrogen-bond donors (Lipinski definition) is 3. The number of hydrogen-bond acceptors (Lipinski definition) is 4. The van der Waals surface area contributed by atoms with Crippen molar-refractivity contribution in [1.82, 2.24) is 5.32 Å². The maximum Gasteiger partial charge on any atom is 0.255 e. The number of nitrogens with one attached hydrogen (secondary N) is 1. The van der Waals surface area contributed by atoms with Crippen LogP contribution in [0.5, 0.6) is 5.75 Å². The number of ether oxygens (including phenoxy) is 1. The summed E-state index contributed by atoms with van der Waals surface area (Å²) in [6.07, 6.45) is -0.766. The van der Waals surface area contributed by atoms with Crippen LogP contribution in [0.2, 0.25) is 0 Å². The molecule has 0 heterocycles. The number of carbonyl (C=O) groups excluding carboxylic acids is 1. The van der Waals surface area contributed by atoms with Gasteiger partial charge in [-0.2, -0.15) is 0 Å². The molecule has 1 rings (SSSR count). The van der Waals surface area contributed by atoms with Gasteiger partial charge in [-0.05, 0) is 18.2 Å². The van der Waals surface area contributed by atoms with E-state index in [4.69, 9.17) is 4.74 Å². The molecular weight excluding hydrogens is 290 g/mol. The monoisotopic (exact) mass is 303 g/mol. The number of aromatic hydroxyl groups is 1. The number of methoxy groups -OCH3 is 1. The average Bonchev–Trinajstić information content (AvgIpc) is 2.29. The van der Waals surface area contributed by atoms with Gasteiger partial charge in [0.15, 0.2) is 0 Å². The van der Waals surface area contributed by atoms with Gasteiger partial charge in [0.05, 0.1) is 18.3 Å². The maximum absolute atomic E-state index is 11.7. The zero-order chi connectivity index (χ0) is 12.8. The number of phenolic OH excluding ortho intramolecular Hbond substituents is 1. The second kappa shape index (κ2) is 6.58. The van der Waals surface area contributed by atoms with Crippen LogP contribution in [0.4, 0.5) is 0 Å². The summed E-state index contributed by atoms with van der Waals surface area (Å²) >= 11 is 3.21. The normalized spacial score (nSPS) is 12.2. The first-order valence-corrected chi connectivity index (χ1v) is 5.77. The molecule has 0 aliphatic rings. The van der Waals surface area contributed by atoms with Crippen molar-refractivity contribution in [3.05, 3.63) is 28.2 Å². The molecule has 0 saturated heterocycles. The number of phenols is 1. The first-order valence-electron chi connectivity index (χ1n) is 4.98. The Morgan fingerprint density at radius 1 is 1.59 bits per heavy atom. The molecule has 0 saturated carbocycles. The van der Waals surface area contributed by atoms with Crippen LogP contribution in [-0.2, 0) is 4.74 Å². The van der Waals surface area contributed by atoms with Crippen LogP contribution in [0.3, 0.4) is 0 Å². The van der Waals surface area contributed by atoms with Crippen LogP contribution in [0.25, 0.3) is 0 Å². The van der Waals surface area contributed by atoms with E-state index < -0.39 is 12.0 Å². The second-order valence-corrected chi connectivity index (χ2v) is 4.40. The average molecular weight is 304 g/mol. The first-order chi connectivity index (χ1) is 8.04. The molecule has 94 valence electrons. The zero-order valence-electron chi connectivity index (χ0n) is 9.31. The summed E-state index contributed by atoms with van der Waals surface area (Å²) in [6.45, 7) is 0.212. The lowest BCUT2D eigenvalue weighted by atomic mass is 10.2. The highest BCUT2D eigenvalue weighted by Crippen LogP contribution is 2.21. The molecular formula is C11H14BrNO4. The van der Waals surface area contributed by atoms with Crippen LogP contribution in [0, 0.1) is 0 Å². The van der Waals surface area contributed by atoms with Crippen molar-refractivity contribution in [3.63, 3.8) is 0 Å². The number of aliphatic hydroxyl groups is 1. The third kappa shape index (κ3) is 4.33. The van der Waals surface area contributed by atoms with E-state index in [1.807, 2.05) is 0 Å². The Bertz CT molecular complexity index is 397. The van der Waals surface area contributed by atoms with E-state index in [2.05, 4.69) is 21.2 Å². The summed E-state index contributed by atoms with van der Waals surface area (Å²) in [5.41, 5.74) is 0.156. The van der Waals surface area contributed by atoms with Crippen LogP contribution in [0.1, 0.15) is 10.4 Å². The topological polar surface area (TPSA) is 78.8 Å². The number of rotatable bonds is 5. The molecule has 0 bridgehead atoms. The molecule has 0 aliphatic carbocycles. The third-order valence-corrected chi connectivity index (χ3v) is 2.55. The summed E-state index contributed by atoms with van der Waals surface area (Å²) in [7, 11) is 1.46. The van der Waals surface area contributed by atoms with E-state index in [0.29, 0.717) is 4.47 Å². The minimum atomic E-state index is -0.766.